The maximum absolute atomic E-state index is 5.41. The van der Waals surface area contributed by atoms with E-state index in [1.54, 1.807) is 7.11 Å². The molecule has 0 unspecified atom stereocenters. The van der Waals surface area contributed by atoms with Crippen molar-refractivity contribution < 1.29 is 4.74 Å². The SMILES string of the molecule is COc1cc2c(c(N3CCNCC3)c1)NCC=C2. The molecule has 1 fully saturated rings. The van der Waals surface area contributed by atoms with Gasteiger partial charge in [0, 0.05) is 44.4 Å². The number of nitrogens with zero attached hydrogens (tertiary/aromatic N) is 1. The Bertz CT molecular complexity index is 464. The molecule has 0 aromatic heterocycles. The molecule has 1 saturated heterocycles. The maximum Gasteiger partial charge on any atom is 0.121 e. The number of rotatable bonds is 2. The summed E-state index contributed by atoms with van der Waals surface area (Å²) in [6.07, 6.45) is 4.31. The fourth-order valence-electron chi connectivity index (χ4n) is 2.57. The standard InChI is InChI=1S/C14H19N3O/c1-18-12-9-11-3-2-4-16-14(11)13(10-12)17-7-5-15-6-8-17/h2-3,9-10,15-16H,4-8H2,1H3. The number of anilines is 2. The zero-order valence-corrected chi connectivity index (χ0v) is 10.7. The first-order valence-corrected chi connectivity index (χ1v) is 6.46. The minimum atomic E-state index is 0.901. The zero-order valence-electron chi connectivity index (χ0n) is 10.7. The second kappa shape index (κ2) is 4.90. The summed E-state index contributed by atoms with van der Waals surface area (Å²) in [5.74, 6) is 0.927. The average Bonchev–Trinajstić information content (AvgIpc) is 2.47. The van der Waals surface area contributed by atoms with E-state index < -0.39 is 0 Å². The van der Waals surface area contributed by atoms with Gasteiger partial charge in [0.2, 0.25) is 0 Å². The third-order valence-electron chi connectivity index (χ3n) is 3.51. The molecule has 2 aliphatic rings. The first kappa shape index (κ1) is 11.4. The van der Waals surface area contributed by atoms with E-state index in [0.29, 0.717) is 0 Å². The van der Waals surface area contributed by atoms with Crippen LogP contribution in [0.15, 0.2) is 18.2 Å². The van der Waals surface area contributed by atoms with E-state index in [1.807, 2.05) is 0 Å². The Morgan fingerprint density at radius 1 is 1.22 bits per heavy atom. The molecule has 0 bridgehead atoms. The van der Waals surface area contributed by atoms with E-state index in [2.05, 4.69) is 39.8 Å². The van der Waals surface area contributed by atoms with Crippen LogP contribution in [-0.4, -0.2) is 39.8 Å². The molecule has 0 saturated carbocycles. The molecule has 2 N–H and O–H groups in total. The van der Waals surface area contributed by atoms with Gasteiger partial charge in [-0.3, -0.25) is 0 Å². The molecule has 2 aliphatic heterocycles. The van der Waals surface area contributed by atoms with Gasteiger partial charge in [-0.05, 0) is 6.07 Å². The predicted octanol–water partition coefficient (Wildman–Crippen LogP) is 1.54. The number of hydrogen-bond acceptors (Lipinski definition) is 4. The maximum atomic E-state index is 5.41. The lowest BCUT2D eigenvalue weighted by atomic mass is 10.1. The van der Waals surface area contributed by atoms with Crippen molar-refractivity contribution >= 4 is 17.5 Å². The summed E-state index contributed by atoms with van der Waals surface area (Å²) >= 11 is 0. The van der Waals surface area contributed by atoms with Crippen LogP contribution in [-0.2, 0) is 0 Å². The summed E-state index contributed by atoms with van der Waals surface area (Å²) in [5, 5.41) is 6.86. The summed E-state index contributed by atoms with van der Waals surface area (Å²) in [7, 11) is 1.73. The molecule has 3 rings (SSSR count). The van der Waals surface area contributed by atoms with Crippen molar-refractivity contribution in [2.45, 2.75) is 0 Å². The smallest absolute Gasteiger partial charge is 0.121 e. The average molecular weight is 245 g/mol. The molecule has 0 spiro atoms. The molecule has 0 radical (unpaired) electrons. The molecule has 0 amide bonds. The van der Waals surface area contributed by atoms with Gasteiger partial charge in [0.15, 0.2) is 0 Å². The van der Waals surface area contributed by atoms with Gasteiger partial charge in [0.1, 0.15) is 5.75 Å². The van der Waals surface area contributed by atoms with Crippen LogP contribution in [0.2, 0.25) is 0 Å². The molecular formula is C14H19N3O. The fourth-order valence-corrected chi connectivity index (χ4v) is 2.57. The molecule has 0 atom stereocenters. The number of hydrogen-bond donors (Lipinski definition) is 2. The van der Waals surface area contributed by atoms with Crippen LogP contribution in [0, 0.1) is 0 Å². The highest BCUT2D eigenvalue weighted by Crippen LogP contribution is 2.36. The highest BCUT2D eigenvalue weighted by Gasteiger charge is 2.18. The van der Waals surface area contributed by atoms with Crippen LogP contribution in [0.4, 0.5) is 11.4 Å². The quantitative estimate of drug-likeness (QED) is 0.829. The number of piperazine rings is 1. The highest BCUT2D eigenvalue weighted by molar-refractivity contribution is 5.84. The van der Waals surface area contributed by atoms with E-state index in [4.69, 9.17) is 4.74 Å². The zero-order chi connectivity index (χ0) is 12.4. The van der Waals surface area contributed by atoms with Crippen LogP contribution in [0.1, 0.15) is 5.56 Å². The molecule has 2 heterocycles. The summed E-state index contributed by atoms with van der Waals surface area (Å²) in [6.45, 7) is 5.08. The third kappa shape index (κ3) is 2.04. The summed E-state index contributed by atoms with van der Waals surface area (Å²) in [4.78, 5) is 2.42. The lowest BCUT2D eigenvalue weighted by Crippen LogP contribution is -2.43. The Labute approximate surface area is 108 Å². The molecule has 18 heavy (non-hydrogen) atoms. The highest BCUT2D eigenvalue weighted by atomic mass is 16.5. The van der Waals surface area contributed by atoms with E-state index in [1.165, 1.54) is 16.9 Å². The van der Waals surface area contributed by atoms with Gasteiger partial charge >= 0.3 is 0 Å². The van der Waals surface area contributed by atoms with Crippen molar-refractivity contribution in [1.29, 1.82) is 0 Å². The lowest BCUT2D eigenvalue weighted by molar-refractivity contribution is 0.414. The van der Waals surface area contributed by atoms with E-state index in [0.717, 1.165) is 38.5 Å². The molecule has 96 valence electrons. The van der Waals surface area contributed by atoms with Gasteiger partial charge in [-0.25, -0.2) is 0 Å². The normalized spacial score (nSPS) is 18.2. The van der Waals surface area contributed by atoms with Crippen LogP contribution in [0.5, 0.6) is 5.75 Å². The summed E-state index contributed by atoms with van der Waals surface area (Å²) < 4.78 is 5.41. The van der Waals surface area contributed by atoms with Crippen molar-refractivity contribution in [3.63, 3.8) is 0 Å². The molecule has 1 aromatic rings. The monoisotopic (exact) mass is 245 g/mol. The number of benzene rings is 1. The molecule has 4 heteroatoms. The first-order chi connectivity index (χ1) is 8.88. The van der Waals surface area contributed by atoms with Crippen LogP contribution in [0.25, 0.3) is 6.08 Å². The Hall–Kier alpha value is -1.68. The Morgan fingerprint density at radius 3 is 2.83 bits per heavy atom. The Kier molecular flexibility index (Phi) is 3.11. The number of fused-ring (bicyclic) bond motifs is 1. The van der Waals surface area contributed by atoms with Crippen molar-refractivity contribution in [3.05, 3.63) is 23.8 Å². The van der Waals surface area contributed by atoms with Crippen molar-refractivity contribution in [1.82, 2.24) is 5.32 Å². The second-order valence-electron chi connectivity index (χ2n) is 4.63. The Balaban J connectivity index is 2.02. The molecule has 1 aromatic carbocycles. The van der Waals surface area contributed by atoms with E-state index in [-0.39, 0.29) is 0 Å². The molecular weight excluding hydrogens is 226 g/mol. The van der Waals surface area contributed by atoms with Gasteiger partial charge < -0.3 is 20.3 Å². The summed E-state index contributed by atoms with van der Waals surface area (Å²) in [5.41, 5.74) is 3.71. The fraction of sp³-hybridized carbons (Fsp3) is 0.429. The van der Waals surface area contributed by atoms with Gasteiger partial charge in [-0.1, -0.05) is 12.2 Å². The van der Waals surface area contributed by atoms with Gasteiger partial charge in [0.05, 0.1) is 18.5 Å². The van der Waals surface area contributed by atoms with Crippen LogP contribution < -0.4 is 20.3 Å². The van der Waals surface area contributed by atoms with E-state index >= 15 is 0 Å². The minimum absolute atomic E-state index is 0.901. The van der Waals surface area contributed by atoms with Crippen molar-refractivity contribution in [3.8, 4) is 5.75 Å². The van der Waals surface area contributed by atoms with E-state index in [9.17, 15) is 0 Å². The van der Waals surface area contributed by atoms with Crippen molar-refractivity contribution in [2.75, 3.05) is 50.1 Å². The summed E-state index contributed by atoms with van der Waals surface area (Å²) in [6, 6.07) is 4.22. The van der Waals surface area contributed by atoms with Gasteiger partial charge in [-0.2, -0.15) is 0 Å². The number of nitrogens with one attached hydrogen (secondary N) is 2. The first-order valence-electron chi connectivity index (χ1n) is 6.46. The Morgan fingerprint density at radius 2 is 2.06 bits per heavy atom. The van der Waals surface area contributed by atoms with Gasteiger partial charge in [-0.15, -0.1) is 0 Å². The van der Waals surface area contributed by atoms with Crippen LogP contribution >= 0.6 is 0 Å². The number of ether oxygens (including phenoxy) is 1. The topological polar surface area (TPSA) is 36.5 Å². The third-order valence-corrected chi connectivity index (χ3v) is 3.51. The predicted molar refractivity (Wildman–Crippen MR) is 75.6 cm³/mol. The van der Waals surface area contributed by atoms with Crippen molar-refractivity contribution in [2.24, 2.45) is 0 Å². The second-order valence-corrected chi connectivity index (χ2v) is 4.63. The molecule has 4 nitrogen and oxygen atoms in total. The van der Waals surface area contributed by atoms with Crippen LogP contribution in [0.3, 0.4) is 0 Å². The molecule has 0 aliphatic carbocycles. The van der Waals surface area contributed by atoms with Gasteiger partial charge in [0.25, 0.3) is 0 Å². The largest absolute Gasteiger partial charge is 0.497 e. The minimum Gasteiger partial charge on any atom is -0.497 e. The number of methoxy groups -OCH3 is 1. The lowest BCUT2D eigenvalue weighted by Gasteiger charge is -2.32.